The Hall–Kier alpha value is -1.06. The number of nitrogens with one attached hydrogen (secondary N) is 1. The topological polar surface area (TPSA) is 18.5 Å². The van der Waals surface area contributed by atoms with Gasteiger partial charge in [-0.2, -0.15) is 0 Å². The highest BCUT2D eigenvalue weighted by molar-refractivity contribution is 5.53. The number of hydrogen-bond acceptors (Lipinski definition) is 3. The van der Waals surface area contributed by atoms with E-state index < -0.39 is 0 Å². The summed E-state index contributed by atoms with van der Waals surface area (Å²) >= 11 is 0. The summed E-state index contributed by atoms with van der Waals surface area (Å²) in [5, 5.41) is 3.26. The molecule has 0 saturated carbocycles. The molecular formula is C16H29N3. The third kappa shape index (κ3) is 5.62. The molecular weight excluding hydrogens is 234 g/mol. The maximum Gasteiger partial charge on any atom is 0.0412 e. The van der Waals surface area contributed by atoms with Gasteiger partial charge in [0.25, 0.3) is 0 Å². The summed E-state index contributed by atoms with van der Waals surface area (Å²) in [6.07, 6.45) is 0. The van der Waals surface area contributed by atoms with Crippen LogP contribution >= 0.6 is 0 Å². The van der Waals surface area contributed by atoms with Gasteiger partial charge in [-0.05, 0) is 38.7 Å². The van der Waals surface area contributed by atoms with E-state index >= 15 is 0 Å². The Kier molecular flexibility index (Phi) is 6.89. The number of likely N-dealkylation sites (N-methyl/N-ethyl adjacent to an activating group) is 1. The molecule has 0 aliphatic heterocycles. The SMILES string of the molecule is CNCc1ccccc1N(CCN(C)C)CC(C)C. The van der Waals surface area contributed by atoms with Crippen LogP contribution in [0.5, 0.6) is 0 Å². The molecule has 3 heteroatoms. The number of anilines is 1. The van der Waals surface area contributed by atoms with Crippen LogP contribution in [0.1, 0.15) is 19.4 Å². The molecule has 0 aromatic heterocycles. The molecule has 0 unspecified atom stereocenters. The fourth-order valence-electron chi connectivity index (χ4n) is 2.23. The standard InChI is InChI=1S/C16H29N3/c1-14(2)13-19(11-10-18(4)5)16-9-7-6-8-15(16)12-17-3/h6-9,14,17H,10-13H2,1-5H3. The lowest BCUT2D eigenvalue weighted by molar-refractivity contribution is 0.409. The molecule has 19 heavy (non-hydrogen) atoms. The second-order valence-corrected chi connectivity index (χ2v) is 5.80. The lowest BCUT2D eigenvalue weighted by Crippen LogP contribution is -2.35. The van der Waals surface area contributed by atoms with Gasteiger partial charge in [0.2, 0.25) is 0 Å². The Morgan fingerprint density at radius 3 is 2.37 bits per heavy atom. The average molecular weight is 263 g/mol. The summed E-state index contributed by atoms with van der Waals surface area (Å²) in [7, 11) is 6.27. The quantitative estimate of drug-likeness (QED) is 0.777. The fourth-order valence-corrected chi connectivity index (χ4v) is 2.23. The lowest BCUT2D eigenvalue weighted by Gasteiger charge is -2.30. The van der Waals surface area contributed by atoms with Crippen LogP contribution in [0.25, 0.3) is 0 Å². The van der Waals surface area contributed by atoms with Crippen LogP contribution in [0.4, 0.5) is 5.69 Å². The van der Waals surface area contributed by atoms with Crippen LogP contribution < -0.4 is 10.2 Å². The molecule has 0 fully saturated rings. The molecule has 1 N–H and O–H groups in total. The molecule has 0 aliphatic carbocycles. The Morgan fingerprint density at radius 1 is 1.11 bits per heavy atom. The van der Waals surface area contributed by atoms with E-state index in [4.69, 9.17) is 0 Å². The highest BCUT2D eigenvalue weighted by atomic mass is 15.2. The first-order valence-electron chi connectivity index (χ1n) is 7.16. The smallest absolute Gasteiger partial charge is 0.0412 e. The molecule has 108 valence electrons. The van der Waals surface area contributed by atoms with Crippen molar-refractivity contribution in [2.24, 2.45) is 5.92 Å². The van der Waals surface area contributed by atoms with Crippen molar-refractivity contribution >= 4 is 5.69 Å². The normalized spacial score (nSPS) is 11.3. The summed E-state index contributed by atoms with van der Waals surface area (Å²) in [5.74, 6) is 0.671. The largest absolute Gasteiger partial charge is 0.370 e. The third-order valence-electron chi connectivity index (χ3n) is 3.10. The number of hydrogen-bond donors (Lipinski definition) is 1. The zero-order valence-electron chi connectivity index (χ0n) is 13.1. The van der Waals surface area contributed by atoms with Crippen molar-refractivity contribution in [1.29, 1.82) is 0 Å². The summed E-state index contributed by atoms with van der Waals surface area (Å²) in [6, 6.07) is 8.71. The van der Waals surface area contributed by atoms with Crippen molar-refractivity contribution in [3.63, 3.8) is 0 Å². The molecule has 1 aromatic rings. The van der Waals surface area contributed by atoms with Crippen LogP contribution in [-0.4, -0.2) is 45.7 Å². The Morgan fingerprint density at radius 2 is 1.79 bits per heavy atom. The van der Waals surface area contributed by atoms with Gasteiger partial charge >= 0.3 is 0 Å². The van der Waals surface area contributed by atoms with Crippen molar-refractivity contribution in [2.75, 3.05) is 45.7 Å². The van der Waals surface area contributed by atoms with Crippen molar-refractivity contribution < 1.29 is 0 Å². The van der Waals surface area contributed by atoms with Crippen LogP contribution in [0, 0.1) is 5.92 Å². The zero-order valence-corrected chi connectivity index (χ0v) is 13.1. The number of rotatable bonds is 8. The van der Waals surface area contributed by atoms with E-state index in [0.29, 0.717) is 5.92 Å². The van der Waals surface area contributed by atoms with Gasteiger partial charge in [0.05, 0.1) is 0 Å². The summed E-state index contributed by atoms with van der Waals surface area (Å²) in [4.78, 5) is 4.76. The van der Waals surface area contributed by atoms with Crippen molar-refractivity contribution in [1.82, 2.24) is 10.2 Å². The van der Waals surface area contributed by atoms with Crippen molar-refractivity contribution in [3.05, 3.63) is 29.8 Å². The van der Waals surface area contributed by atoms with Gasteiger partial charge in [0, 0.05) is 31.9 Å². The number of benzene rings is 1. The molecule has 0 saturated heterocycles. The van der Waals surface area contributed by atoms with Crippen LogP contribution in [0.3, 0.4) is 0 Å². The Balaban J connectivity index is 2.88. The molecule has 0 atom stereocenters. The van der Waals surface area contributed by atoms with Crippen molar-refractivity contribution in [2.45, 2.75) is 20.4 Å². The first kappa shape index (κ1) is 16.0. The van der Waals surface area contributed by atoms with E-state index in [-0.39, 0.29) is 0 Å². The molecule has 0 aliphatic rings. The van der Waals surface area contributed by atoms with Gasteiger partial charge in [0.1, 0.15) is 0 Å². The second-order valence-electron chi connectivity index (χ2n) is 5.80. The van der Waals surface area contributed by atoms with Crippen molar-refractivity contribution in [3.8, 4) is 0 Å². The Labute approximate surface area is 118 Å². The van der Waals surface area contributed by atoms with E-state index in [1.165, 1.54) is 11.3 Å². The minimum Gasteiger partial charge on any atom is -0.370 e. The molecule has 0 bridgehead atoms. The summed E-state index contributed by atoms with van der Waals surface area (Å²) < 4.78 is 0. The summed E-state index contributed by atoms with van der Waals surface area (Å²) in [5.41, 5.74) is 2.75. The van der Waals surface area contributed by atoms with E-state index in [9.17, 15) is 0 Å². The van der Waals surface area contributed by atoms with Gasteiger partial charge in [-0.25, -0.2) is 0 Å². The molecule has 1 aromatic carbocycles. The highest BCUT2D eigenvalue weighted by Crippen LogP contribution is 2.21. The van der Waals surface area contributed by atoms with Gasteiger partial charge in [-0.1, -0.05) is 32.0 Å². The van der Waals surface area contributed by atoms with Gasteiger partial charge < -0.3 is 15.1 Å². The van der Waals surface area contributed by atoms with Gasteiger partial charge in [-0.15, -0.1) is 0 Å². The maximum atomic E-state index is 3.26. The molecule has 0 amide bonds. The average Bonchev–Trinajstić information content (AvgIpc) is 2.35. The molecule has 0 spiro atoms. The molecule has 0 radical (unpaired) electrons. The number of nitrogens with zero attached hydrogens (tertiary/aromatic N) is 2. The predicted octanol–water partition coefficient (Wildman–Crippen LogP) is 2.43. The maximum absolute atomic E-state index is 3.26. The van der Waals surface area contributed by atoms with E-state index in [2.05, 4.69) is 67.3 Å². The molecule has 1 rings (SSSR count). The highest BCUT2D eigenvalue weighted by Gasteiger charge is 2.12. The zero-order chi connectivity index (χ0) is 14.3. The van der Waals surface area contributed by atoms with E-state index in [0.717, 1.165) is 26.2 Å². The monoisotopic (exact) mass is 263 g/mol. The molecule has 3 nitrogen and oxygen atoms in total. The van der Waals surface area contributed by atoms with Crippen LogP contribution in [0.15, 0.2) is 24.3 Å². The number of para-hydroxylation sites is 1. The third-order valence-corrected chi connectivity index (χ3v) is 3.10. The molecule has 0 heterocycles. The van der Waals surface area contributed by atoms with E-state index in [1.54, 1.807) is 0 Å². The van der Waals surface area contributed by atoms with Gasteiger partial charge in [0.15, 0.2) is 0 Å². The minimum atomic E-state index is 0.671. The van der Waals surface area contributed by atoms with Gasteiger partial charge in [-0.3, -0.25) is 0 Å². The predicted molar refractivity (Wildman–Crippen MR) is 84.8 cm³/mol. The Bertz CT molecular complexity index is 361. The van der Waals surface area contributed by atoms with E-state index in [1.807, 2.05) is 7.05 Å². The van der Waals surface area contributed by atoms with Crippen LogP contribution in [0.2, 0.25) is 0 Å². The lowest BCUT2D eigenvalue weighted by atomic mass is 10.1. The fraction of sp³-hybridized carbons (Fsp3) is 0.625. The van der Waals surface area contributed by atoms with Crippen LogP contribution in [-0.2, 0) is 6.54 Å². The minimum absolute atomic E-state index is 0.671. The first-order chi connectivity index (χ1) is 9.04. The second kappa shape index (κ2) is 8.18. The first-order valence-corrected chi connectivity index (χ1v) is 7.16. The summed E-state index contributed by atoms with van der Waals surface area (Å²) in [6.45, 7) is 8.75.